The Balaban J connectivity index is 1.26. The molecule has 0 bridgehead atoms. The number of benzene rings is 3. The number of amides is 1. The van der Waals surface area contributed by atoms with Gasteiger partial charge in [0.25, 0.3) is 5.91 Å². The van der Waals surface area contributed by atoms with Crippen LogP contribution in [0.1, 0.15) is 74.0 Å². The lowest BCUT2D eigenvalue weighted by molar-refractivity contribution is 0.0362. The predicted molar refractivity (Wildman–Crippen MR) is 231 cm³/mol. The molecule has 1 N–H and O–H groups in total. The number of halogens is 2. The quantitative estimate of drug-likeness (QED) is 0.130. The molecule has 2 aliphatic heterocycles. The number of nitrogens with zero attached hydrogens (tertiary/aromatic N) is 6. The van der Waals surface area contributed by atoms with Gasteiger partial charge in [0.15, 0.2) is 0 Å². The number of aryl methyl sites for hydroxylation is 6. The van der Waals surface area contributed by atoms with Gasteiger partial charge in [0.1, 0.15) is 17.1 Å². The summed E-state index contributed by atoms with van der Waals surface area (Å²) in [6.45, 7) is 16.9. The van der Waals surface area contributed by atoms with E-state index in [4.69, 9.17) is 37.8 Å². The monoisotopic (exact) mass is 824 g/mol. The number of fused-ring (bicyclic) bond motifs is 4. The second-order valence-electron chi connectivity index (χ2n) is 15.9. The first-order chi connectivity index (χ1) is 27.7. The van der Waals surface area contributed by atoms with Crippen molar-refractivity contribution < 1.29 is 24.2 Å². The maximum atomic E-state index is 15.5. The molecule has 304 valence electrons. The lowest BCUT2D eigenvalue weighted by Gasteiger charge is -2.35. The zero-order chi connectivity index (χ0) is 41.2. The number of carboxylic acids is 1. The average Bonchev–Trinajstić information content (AvgIpc) is 3.81. The summed E-state index contributed by atoms with van der Waals surface area (Å²) in [4.78, 5) is 32.4. The third kappa shape index (κ3) is 6.95. The number of aromatic carboxylic acids is 1. The van der Waals surface area contributed by atoms with Gasteiger partial charge < -0.3 is 28.6 Å². The maximum Gasteiger partial charge on any atom is 0.352 e. The van der Waals surface area contributed by atoms with Crippen molar-refractivity contribution in [3.63, 3.8) is 0 Å². The summed E-state index contributed by atoms with van der Waals surface area (Å²) < 4.78 is 17.8. The number of carboxylic acid groups (broad SMARTS) is 1. The summed E-state index contributed by atoms with van der Waals surface area (Å²) in [5, 5.41) is 18.3. The Morgan fingerprint density at radius 1 is 0.966 bits per heavy atom. The van der Waals surface area contributed by atoms with E-state index in [0.717, 1.165) is 90.4 Å². The van der Waals surface area contributed by atoms with Crippen LogP contribution in [0.15, 0.2) is 42.5 Å². The van der Waals surface area contributed by atoms with Gasteiger partial charge in [-0.25, -0.2) is 4.79 Å². The van der Waals surface area contributed by atoms with Crippen LogP contribution in [0.2, 0.25) is 10.0 Å². The zero-order valence-electron chi connectivity index (χ0n) is 34.2. The summed E-state index contributed by atoms with van der Waals surface area (Å²) in [6, 6.07) is 13.5. The van der Waals surface area contributed by atoms with Gasteiger partial charge in [0.05, 0.1) is 47.3 Å². The highest BCUT2D eigenvalue weighted by molar-refractivity contribution is 6.35. The van der Waals surface area contributed by atoms with E-state index in [-0.39, 0.29) is 17.6 Å². The molecule has 2 aliphatic rings. The number of carbonyl (C=O) groups is 2. The highest BCUT2D eigenvalue weighted by Crippen LogP contribution is 2.46. The summed E-state index contributed by atoms with van der Waals surface area (Å²) in [7, 11) is 1.93. The van der Waals surface area contributed by atoms with Gasteiger partial charge in [-0.1, -0.05) is 29.3 Å². The number of rotatable bonds is 11. The van der Waals surface area contributed by atoms with Crippen molar-refractivity contribution in [2.75, 3.05) is 50.9 Å². The molecule has 1 atom stereocenters. The van der Waals surface area contributed by atoms with Crippen LogP contribution < -0.4 is 9.64 Å². The van der Waals surface area contributed by atoms with Gasteiger partial charge >= 0.3 is 5.97 Å². The Kier molecular flexibility index (Phi) is 10.9. The number of hydrogen-bond acceptors (Lipinski definition) is 6. The van der Waals surface area contributed by atoms with Crippen molar-refractivity contribution >= 4 is 62.6 Å². The molecule has 6 aromatic rings. The number of aromatic nitrogens is 4. The van der Waals surface area contributed by atoms with E-state index in [1.807, 2.05) is 92.2 Å². The van der Waals surface area contributed by atoms with Gasteiger partial charge in [0, 0.05) is 78.4 Å². The van der Waals surface area contributed by atoms with Crippen molar-refractivity contribution in [1.82, 2.24) is 23.8 Å². The standard InChI is InChI=1S/C45H50Cl2N6O5/c1-25-19-31-23-37(45(55)56)51(13-12-50-14-17-57-18-15-50)41(31)36(20-25)52-24-28(4)53-42-34(10-11-35(46)39(42)38-29(5)48-49(7)30(38)6)33(43(53)44(52)54)9-8-16-58-32-21-26(2)40(47)27(3)22-32/h10-11,19-23,28H,8-9,12-18,24H2,1-7H3,(H,55,56)/t28-/m1/s1. The van der Waals surface area contributed by atoms with Crippen LogP contribution in [-0.2, 0) is 24.8 Å². The molecule has 11 nitrogen and oxygen atoms in total. The van der Waals surface area contributed by atoms with E-state index in [0.29, 0.717) is 68.7 Å². The minimum absolute atomic E-state index is 0.138. The molecule has 0 saturated carbocycles. The Labute approximate surface area is 348 Å². The van der Waals surface area contributed by atoms with E-state index in [1.165, 1.54) is 0 Å². The first-order valence-electron chi connectivity index (χ1n) is 20.0. The van der Waals surface area contributed by atoms with Crippen LogP contribution in [0.5, 0.6) is 5.75 Å². The van der Waals surface area contributed by atoms with E-state index in [9.17, 15) is 9.90 Å². The molecule has 13 heteroatoms. The van der Waals surface area contributed by atoms with Crippen LogP contribution in [0, 0.1) is 34.6 Å². The molecular formula is C45H50Cl2N6O5. The molecule has 8 rings (SSSR count). The minimum atomic E-state index is -1.00. The number of carbonyl (C=O) groups excluding carboxylic acids is 1. The fourth-order valence-electron chi connectivity index (χ4n) is 9.16. The van der Waals surface area contributed by atoms with Gasteiger partial charge in [-0.05, 0) is 113 Å². The highest BCUT2D eigenvalue weighted by atomic mass is 35.5. The lowest BCUT2D eigenvalue weighted by Crippen LogP contribution is -2.43. The van der Waals surface area contributed by atoms with Crippen molar-refractivity contribution in [3.05, 3.63) is 97.5 Å². The number of morpholine rings is 1. The topological polar surface area (TPSA) is 107 Å². The lowest BCUT2D eigenvalue weighted by atomic mass is 9.98. The molecule has 1 saturated heterocycles. The molecule has 0 unspecified atom stereocenters. The number of ether oxygens (including phenoxy) is 2. The summed E-state index contributed by atoms with van der Waals surface area (Å²) >= 11 is 13.6. The third-order valence-electron chi connectivity index (χ3n) is 11.9. The van der Waals surface area contributed by atoms with Gasteiger partial charge in [-0.2, -0.15) is 5.10 Å². The van der Waals surface area contributed by atoms with Crippen molar-refractivity contribution in [3.8, 4) is 16.9 Å². The normalized spacial score (nSPS) is 16.2. The second-order valence-corrected chi connectivity index (χ2v) is 16.7. The summed E-state index contributed by atoms with van der Waals surface area (Å²) in [6.07, 6.45) is 1.23. The van der Waals surface area contributed by atoms with Crippen LogP contribution in [-0.4, -0.2) is 86.8 Å². The Morgan fingerprint density at radius 3 is 2.36 bits per heavy atom. The average molecular weight is 826 g/mol. The second kappa shape index (κ2) is 15.7. The zero-order valence-corrected chi connectivity index (χ0v) is 35.7. The van der Waals surface area contributed by atoms with Crippen LogP contribution in [0.25, 0.3) is 32.9 Å². The summed E-state index contributed by atoms with van der Waals surface area (Å²) in [5.41, 5.74) is 10.6. The van der Waals surface area contributed by atoms with E-state index in [2.05, 4.69) is 16.4 Å². The van der Waals surface area contributed by atoms with Gasteiger partial charge in [-0.3, -0.25) is 14.4 Å². The van der Waals surface area contributed by atoms with E-state index in [1.54, 1.807) is 6.07 Å². The predicted octanol–water partition coefficient (Wildman–Crippen LogP) is 9.11. The van der Waals surface area contributed by atoms with Crippen molar-refractivity contribution in [1.29, 1.82) is 0 Å². The molecule has 0 radical (unpaired) electrons. The Bertz CT molecular complexity index is 2590. The Morgan fingerprint density at radius 2 is 1.69 bits per heavy atom. The van der Waals surface area contributed by atoms with Gasteiger partial charge in [-0.15, -0.1) is 0 Å². The van der Waals surface area contributed by atoms with Crippen molar-refractivity contribution in [2.45, 2.75) is 67.0 Å². The van der Waals surface area contributed by atoms with Crippen LogP contribution in [0.3, 0.4) is 0 Å². The molecule has 0 aliphatic carbocycles. The highest BCUT2D eigenvalue weighted by Gasteiger charge is 2.38. The fraction of sp³-hybridized carbons (Fsp3) is 0.400. The smallest absolute Gasteiger partial charge is 0.352 e. The van der Waals surface area contributed by atoms with E-state index >= 15 is 4.79 Å². The van der Waals surface area contributed by atoms with Crippen LogP contribution >= 0.6 is 23.2 Å². The minimum Gasteiger partial charge on any atom is -0.494 e. The van der Waals surface area contributed by atoms with E-state index < -0.39 is 5.97 Å². The van der Waals surface area contributed by atoms with Crippen molar-refractivity contribution in [2.24, 2.45) is 7.05 Å². The van der Waals surface area contributed by atoms with Gasteiger partial charge in [0.2, 0.25) is 0 Å². The molecule has 1 amide bonds. The maximum absolute atomic E-state index is 15.5. The number of anilines is 1. The first kappa shape index (κ1) is 40.0. The fourth-order valence-corrected chi connectivity index (χ4v) is 9.51. The molecule has 0 spiro atoms. The number of hydrogen-bond donors (Lipinski definition) is 1. The molecule has 1 fully saturated rings. The summed E-state index contributed by atoms with van der Waals surface area (Å²) in [5.74, 6) is -0.379. The first-order valence-corrected chi connectivity index (χ1v) is 20.7. The molecule has 3 aromatic heterocycles. The Hall–Kier alpha value is -4.81. The largest absolute Gasteiger partial charge is 0.494 e. The van der Waals surface area contributed by atoms with Crippen LogP contribution in [0.4, 0.5) is 5.69 Å². The molecule has 3 aromatic carbocycles. The third-order valence-corrected chi connectivity index (χ3v) is 12.8. The molecule has 58 heavy (non-hydrogen) atoms. The molecule has 5 heterocycles. The SMILES string of the molecule is Cc1cc(N2C[C@@H](C)n3c(c(CCCOc4cc(C)c(Cl)c(C)c4)c4ccc(Cl)c(-c5c(C)nn(C)c5C)c43)C2=O)c2c(c1)cc(C(=O)O)n2CCN1CCOCC1. The molecular weight excluding hydrogens is 775 g/mol.